The van der Waals surface area contributed by atoms with Gasteiger partial charge in [-0.05, 0) is 26.9 Å². The van der Waals surface area contributed by atoms with Gasteiger partial charge in [0.1, 0.15) is 11.5 Å². The molecule has 1 aromatic rings. The molecule has 26 heavy (non-hydrogen) atoms. The fourth-order valence-electron chi connectivity index (χ4n) is 3.76. The number of anilines is 1. The van der Waals surface area contributed by atoms with Crippen molar-refractivity contribution in [3.63, 3.8) is 0 Å². The lowest BCUT2D eigenvalue weighted by Crippen LogP contribution is -2.47. The number of hydrogen-bond donors (Lipinski definition) is 0. The number of carbonyl (C=O) groups is 1. The molecule has 0 atom stereocenters. The van der Waals surface area contributed by atoms with Crippen molar-refractivity contribution in [3.05, 3.63) is 18.1 Å². The summed E-state index contributed by atoms with van der Waals surface area (Å²) in [6, 6.07) is 0.722. The van der Waals surface area contributed by atoms with E-state index in [4.69, 9.17) is 0 Å². The first kappa shape index (κ1) is 19.0. The molecule has 0 spiro atoms. The summed E-state index contributed by atoms with van der Waals surface area (Å²) in [7, 11) is 6.32. The normalized spacial score (nSPS) is 19.3. The molecule has 0 bridgehead atoms. The Balaban J connectivity index is 1.56. The maximum Gasteiger partial charge on any atom is 0.274 e. The predicted molar refractivity (Wildman–Crippen MR) is 104 cm³/mol. The Bertz CT molecular complexity index is 595. The minimum atomic E-state index is -0.0103. The topological polar surface area (TPSA) is 55.8 Å². The van der Waals surface area contributed by atoms with Crippen LogP contribution in [0.25, 0.3) is 0 Å². The van der Waals surface area contributed by atoms with E-state index in [0.717, 1.165) is 51.1 Å². The average molecular weight is 361 g/mol. The summed E-state index contributed by atoms with van der Waals surface area (Å²) in [4.78, 5) is 30.2. The zero-order valence-electron chi connectivity index (χ0n) is 16.4. The van der Waals surface area contributed by atoms with Gasteiger partial charge in [-0.2, -0.15) is 0 Å². The molecule has 1 aliphatic carbocycles. The Hall–Kier alpha value is -1.73. The molecule has 0 aromatic carbocycles. The number of nitrogens with zero attached hydrogens (tertiary/aromatic N) is 6. The van der Waals surface area contributed by atoms with Crippen molar-refractivity contribution in [2.24, 2.45) is 0 Å². The van der Waals surface area contributed by atoms with Gasteiger partial charge in [-0.3, -0.25) is 9.78 Å². The highest BCUT2D eigenvalue weighted by atomic mass is 16.2. The quantitative estimate of drug-likeness (QED) is 0.759. The zero-order chi connectivity index (χ0) is 18.5. The van der Waals surface area contributed by atoms with Crippen molar-refractivity contribution in [3.8, 4) is 0 Å². The van der Waals surface area contributed by atoms with Crippen LogP contribution in [0, 0.1) is 0 Å². The molecule has 1 aliphatic heterocycles. The SMILES string of the molecule is CN1CCN(C(=O)c2cncc(N(C)CCN(C)C3CCCC3)n2)CC1. The Morgan fingerprint density at radius 2 is 1.81 bits per heavy atom. The fourth-order valence-corrected chi connectivity index (χ4v) is 3.76. The maximum atomic E-state index is 12.7. The lowest BCUT2D eigenvalue weighted by Gasteiger charge is -2.32. The fraction of sp³-hybridized carbons (Fsp3) is 0.737. The molecule has 7 nitrogen and oxygen atoms in total. The standard InChI is InChI=1S/C19H32N6O/c1-22-8-12-25(13-9-22)19(26)17-14-20-15-18(21-17)24(3)11-10-23(2)16-6-4-5-7-16/h14-16H,4-13H2,1-3H3. The molecular formula is C19H32N6O. The first-order valence-corrected chi connectivity index (χ1v) is 9.76. The van der Waals surface area contributed by atoms with E-state index < -0.39 is 0 Å². The molecule has 2 aliphatic rings. The van der Waals surface area contributed by atoms with E-state index in [1.54, 1.807) is 12.4 Å². The maximum absolute atomic E-state index is 12.7. The lowest BCUT2D eigenvalue weighted by atomic mass is 10.2. The monoisotopic (exact) mass is 360 g/mol. The summed E-state index contributed by atoms with van der Waals surface area (Å²) in [5.74, 6) is 0.758. The van der Waals surface area contributed by atoms with Gasteiger partial charge >= 0.3 is 0 Å². The van der Waals surface area contributed by atoms with Gasteiger partial charge in [-0.1, -0.05) is 12.8 Å². The summed E-state index contributed by atoms with van der Waals surface area (Å²) >= 11 is 0. The van der Waals surface area contributed by atoms with Crippen LogP contribution in [0.4, 0.5) is 5.82 Å². The van der Waals surface area contributed by atoms with Crippen molar-refractivity contribution in [1.29, 1.82) is 0 Å². The molecule has 2 heterocycles. The molecule has 3 rings (SSSR count). The Morgan fingerprint density at radius 1 is 1.12 bits per heavy atom. The van der Waals surface area contributed by atoms with E-state index in [-0.39, 0.29) is 5.91 Å². The molecule has 144 valence electrons. The average Bonchev–Trinajstić information content (AvgIpc) is 3.21. The minimum absolute atomic E-state index is 0.0103. The Morgan fingerprint density at radius 3 is 2.50 bits per heavy atom. The second kappa shape index (κ2) is 8.77. The zero-order valence-corrected chi connectivity index (χ0v) is 16.4. The first-order chi connectivity index (χ1) is 12.5. The van der Waals surface area contributed by atoms with Crippen LogP contribution < -0.4 is 4.90 Å². The Kier molecular flexibility index (Phi) is 6.43. The van der Waals surface area contributed by atoms with Gasteiger partial charge in [-0.15, -0.1) is 0 Å². The molecule has 7 heteroatoms. The van der Waals surface area contributed by atoms with E-state index in [1.807, 2.05) is 11.9 Å². The number of carbonyl (C=O) groups excluding carboxylic acids is 1. The molecule has 0 unspecified atom stereocenters. The van der Waals surface area contributed by atoms with Gasteiger partial charge in [0.25, 0.3) is 5.91 Å². The van der Waals surface area contributed by atoms with E-state index in [2.05, 4.69) is 38.8 Å². The van der Waals surface area contributed by atoms with E-state index in [0.29, 0.717) is 5.69 Å². The van der Waals surface area contributed by atoms with Crippen molar-refractivity contribution < 1.29 is 4.79 Å². The van der Waals surface area contributed by atoms with Gasteiger partial charge in [0.05, 0.1) is 12.4 Å². The van der Waals surface area contributed by atoms with Gasteiger partial charge in [-0.25, -0.2) is 4.98 Å². The van der Waals surface area contributed by atoms with Crippen molar-refractivity contribution >= 4 is 11.7 Å². The third kappa shape index (κ3) is 4.71. The Labute approximate surface area is 157 Å². The van der Waals surface area contributed by atoms with Crippen molar-refractivity contribution in [1.82, 2.24) is 24.7 Å². The summed E-state index contributed by atoms with van der Waals surface area (Å²) < 4.78 is 0. The van der Waals surface area contributed by atoms with Crippen LogP contribution in [0.3, 0.4) is 0 Å². The highest BCUT2D eigenvalue weighted by Crippen LogP contribution is 2.22. The summed E-state index contributed by atoms with van der Waals surface area (Å²) in [6.45, 7) is 5.21. The van der Waals surface area contributed by atoms with Crippen molar-refractivity contribution in [2.45, 2.75) is 31.7 Å². The van der Waals surface area contributed by atoms with Crippen LogP contribution in [0.5, 0.6) is 0 Å². The highest BCUT2D eigenvalue weighted by Gasteiger charge is 2.23. The molecular weight excluding hydrogens is 328 g/mol. The number of piperazine rings is 1. The number of hydrogen-bond acceptors (Lipinski definition) is 6. The van der Waals surface area contributed by atoms with Gasteiger partial charge in [0.15, 0.2) is 0 Å². The molecule has 1 aromatic heterocycles. The lowest BCUT2D eigenvalue weighted by molar-refractivity contribution is 0.0658. The number of likely N-dealkylation sites (N-methyl/N-ethyl adjacent to an activating group) is 3. The van der Waals surface area contributed by atoms with Gasteiger partial charge < -0.3 is 19.6 Å². The van der Waals surface area contributed by atoms with Crippen LogP contribution in [0.2, 0.25) is 0 Å². The van der Waals surface area contributed by atoms with Crippen molar-refractivity contribution in [2.75, 3.05) is 65.3 Å². The van der Waals surface area contributed by atoms with Crippen LogP contribution in [-0.4, -0.2) is 97.0 Å². The number of aromatic nitrogens is 2. The second-order valence-electron chi connectivity index (χ2n) is 7.70. The first-order valence-electron chi connectivity index (χ1n) is 9.76. The van der Waals surface area contributed by atoms with Gasteiger partial charge in [0.2, 0.25) is 0 Å². The summed E-state index contributed by atoms with van der Waals surface area (Å²) in [5.41, 5.74) is 0.447. The van der Waals surface area contributed by atoms with Crippen LogP contribution >= 0.6 is 0 Å². The molecule has 1 saturated carbocycles. The molecule has 2 fully saturated rings. The highest BCUT2D eigenvalue weighted by molar-refractivity contribution is 5.92. The molecule has 1 amide bonds. The van der Waals surface area contributed by atoms with Crippen LogP contribution in [-0.2, 0) is 0 Å². The molecule has 0 N–H and O–H groups in total. The third-order valence-electron chi connectivity index (χ3n) is 5.76. The van der Waals surface area contributed by atoms with Crippen LogP contribution in [0.15, 0.2) is 12.4 Å². The van der Waals surface area contributed by atoms with E-state index >= 15 is 0 Å². The largest absolute Gasteiger partial charge is 0.357 e. The number of amides is 1. The van der Waals surface area contributed by atoms with E-state index in [1.165, 1.54) is 25.7 Å². The van der Waals surface area contributed by atoms with E-state index in [9.17, 15) is 4.79 Å². The summed E-state index contributed by atoms with van der Waals surface area (Å²) in [5, 5.41) is 0. The van der Waals surface area contributed by atoms with Gasteiger partial charge in [0, 0.05) is 52.4 Å². The molecule has 1 saturated heterocycles. The molecule has 0 radical (unpaired) electrons. The second-order valence-corrected chi connectivity index (χ2v) is 7.70. The summed E-state index contributed by atoms with van der Waals surface area (Å²) in [6.07, 6.45) is 8.67. The predicted octanol–water partition coefficient (Wildman–Crippen LogP) is 1.17. The van der Waals surface area contributed by atoms with Crippen LogP contribution in [0.1, 0.15) is 36.2 Å². The third-order valence-corrected chi connectivity index (χ3v) is 5.76. The smallest absolute Gasteiger partial charge is 0.274 e. The number of rotatable bonds is 6. The minimum Gasteiger partial charge on any atom is -0.357 e.